The minimum absolute atomic E-state index is 0.275. The molecule has 0 aliphatic heterocycles. The van der Waals surface area contributed by atoms with Gasteiger partial charge in [0.25, 0.3) is 7.52 Å². The molecule has 0 aromatic carbocycles. The molecule has 1 fully saturated rings. The molecule has 4 atom stereocenters. The summed E-state index contributed by atoms with van der Waals surface area (Å²) in [5, 5.41) is 3.01. The van der Waals surface area contributed by atoms with Gasteiger partial charge in [-0.3, -0.25) is 9.36 Å². The molecule has 3 rings (SSSR count). The molecular weight excluding hydrogens is 503 g/mol. The molecular formula is C23H37N6O7P. The molecule has 1 saturated carbocycles. The quantitative estimate of drug-likeness (QED) is 0.282. The number of hydrogen-bond acceptors (Lipinski definition) is 11. The third-order valence-corrected chi connectivity index (χ3v) is 7.48. The second-order valence-corrected chi connectivity index (χ2v) is 11.8. The summed E-state index contributed by atoms with van der Waals surface area (Å²) in [4.78, 5) is 36.6. The minimum Gasteiger partial charge on any atom is -0.461 e. The highest BCUT2D eigenvalue weighted by Crippen LogP contribution is 2.45. The Bertz CT molecular complexity index is 1120. The van der Waals surface area contributed by atoms with Crippen molar-refractivity contribution in [1.29, 1.82) is 0 Å². The first-order chi connectivity index (χ1) is 17.5. The van der Waals surface area contributed by atoms with Crippen LogP contribution in [-0.2, 0) is 39.4 Å². The number of aromatic nitrogens is 4. The zero-order valence-corrected chi connectivity index (χ0v) is 22.8. The highest BCUT2D eigenvalue weighted by molar-refractivity contribution is 7.56. The Morgan fingerprint density at radius 2 is 1.95 bits per heavy atom. The molecule has 2 heterocycles. The van der Waals surface area contributed by atoms with Gasteiger partial charge in [0.15, 0.2) is 18.1 Å². The monoisotopic (exact) mass is 540 g/mol. The maximum absolute atomic E-state index is 13.8. The van der Waals surface area contributed by atoms with Gasteiger partial charge in [-0.05, 0) is 40.0 Å². The van der Waals surface area contributed by atoms with Gasteiger partial charge in [-0.1, -0.05) is 13.8 Å². The lowest BCUT2D eigenvalue weighted by Gasteiger charge is -2.28. The van der Waals surface area contributed by atoms with Crippen LogP contribution in [0.4, 0.5) is 5.82 Å². The van der Waals surface area contributed by atoms with E-state index in [9.17, 15) is 14.2 Å². The Morgan fingerprint density at radius 1 is 1.19 bits per heavy atom. The molecule has 2 aromatic heterocycles. The molecule has 1 aliphatic carbocycles. The van der Waals surface area contributed by atoms with Crippen molar-refractivity contribution in [3.63, 3.8) is 0 Å². The molecule has 0 spiro atoms. The minimum atomic E-state index is -3.70. The summed E-state index contributed by atoms with van der Waals surface area (Å²) in [6.07, 6.45) is 3.48. The Balaban J connectivity index is 1.67. The van der Waals surface area contributed by atoms with Crippen LogP contribution in [0, 0.1) is 5.92 Å². The first-order valence-corrected chi connectivity index (χ1v) is 14.2. The number of nitrogens with one attached hydrogen (secondary N) is 1. The SMILES string of the molecule is CC(C)OC(=O)COP(=O)(CO[C@H](C)Cn1cnc2c(N)ncnc21)NC1CCCC1OC(=O)C(C)C. The van der Waals surface area contributed by atoms with E-state index in [-0.39, 0.29) is 30.2 Å². The molecule has 3 N–H and O–H groups in total. The average molecular weight is 541 g/mol. The molecule has 14 heteroatoms. The van der Waals surface area contributed by atoms with Crippen LogP contribution in [0.1, 0.15) is 53.9 Å². The fourth-order valence-corrected chi connectivity index (χ4v) is 5.69. The van der Waals surface area contributed by atoms with E-state index in [0.717, 1.165) is 6.42 Å². The van der Waals surface area contributed by atoms with Gasteiger partial charge < -0.3 is 29.0 Å². The molecule has 13 nitrogen and oxygen atoms in total. The number of anilines is 1. The van der Waals surface area contributed by atoms with Crippen LogP contribution in [0.2, 0.25) is 0 Å². The number of carbonyl (C=O) groups excluding carboxylic acids is 2. The lowest BCUT2D eigenvalue weighted by atomic mass is 10.2. The van der Waals surface area contributed by atoms with Gasteiger partial charge in [0.1, 0.15) is 24.3 Å². The zero-order chi connectivity index (χ0) is 27.2. The third-order valence-electron chi connectivity index (χ3n) is 5.72. The summed E-state index contributed by atoms with van der Waals surface area (Å²) in [5.41, 5.74) is 6.89. The van der Waals surface area contributed by atoms with Gasteiger partial charge in [-0.15, -0.1) is 0 Å². The van der Waals surface area contributed by atoms with E-state index in [1.54, 1.807) is 45.5 Å². The average Bonchev–Trinajstić information content (AvgIpc) is 3.43. The topological polar surface area (TPSA) is 170 Å². The van der Waals surface area contributed by atoms with E-state index in [1.165, 1.54) is 6.33 Å². The van der Waals surface area contributed by atoms with Gasteiger partial charge in [0.2, 0.25) is 0 Å². The highest BCUT2D eigenvalue weighted by atomic mass is 31.2. The number of nitrogens with two attached hydrogens (primary N) is 1. The summed E-state index contributed by atoms with van der Waals surface area (Å²) >= 11 is 0. The maximum atomic E-state index is 13.8. The summed E-state index contributed by atoms with van der Waals surface area (Å²) in [6.45, 7) is 8.58. The van der Waals surface area contributed by atoms with Gasteiger partial charge in [-0.2, -0.15) is 0 Å². The lowest BCUT2D eigenvalue weighted by Crippen LogP contribution is -2.39. The van der Waals surface area contributed by atoms with Crippen molar-refractivity contribution in [3.05, 3.63) is 12.7 Å². The fourth-order valence-electron chi connectivity index (χ4n) is 3.91. The first kappa shape index (κ1) is 29.0. The Morgan fingerprint density at radius 3 is 2.65 bits per heavy atom. The van der Waals surface area contributed by atoms with Crippen LogP contribution in [0.25, 0.3) is 11.2 Å². The van der Waals surface area contributed by atoms with Crippen molar-refractivity contribution in [2.75, 3.05) is 18.7 Å². The molecule has 3 unspecified atom stereocenters. The summed E-state index contributed by atoms with van der Waals surface area (Å²) < 4.78 is 37.8. The Hall–Kier alpha value is -2.60. The molecule has 0 bridgehead atoms. The number of nitrogens with zero attached hydrogens (tertiary/aromatic N) is 4. The van der Waals surface area contributed by atoms with Crippen LogP contribution in [0.3, 0.4) is 0 Å². The number of ether oxygens (including phenoxy) is 3. The van der Waals surface area contributed by atoms with Crippen molar-refractivity contribution in [3.8, 4) is 0 Å². The van der Waals surface area contributed by atoms with E-state index >= 15 is 0 Å². The number of rotatable bonds is 13. The van der Waals surface area contributed by atoms with Crippen molar-refractivity contribution >= 4 is 36.4 Å². The number of esters is 2. The van der Waals surface area contributed by atoms with Gasteiger partial charge in [-0.25, -0.2) is 24.8 Å². The van der Waals surface area contributed by atoms with E-state index in [0.29, 0.717) is 30.6 Å². The van der Waals surface area contributed by atoms with Crippen molar-refractivity contribution in [2.24, 2.45) is 5.92 Å². The van der Waals surface area contributed by atoms with E-state index in [2.05, 4.69) is 20.0 Å². The normalized spacial score (nSPS) is 20.3. The van der Waals surface area contributed by atoms with E-state index < -0.39 is 38.3 Å². The predicted molar refractivity (Wildman–Crippen MR) is 135 cm³/mol. The van der Waals surface area contributed by atoms with Crippen LogP contribution >= 0.6 is 7.52 Å². The molecule has 0 amide bonds. The van der Waals surface area contributed by atoms with Crippen molar-refractivity contribution in [2.45, 2.75) is 84.8 Å². The van der Waals surface area contributed by atoms with Gasteiger partial charge >= 0.3 is 11.9 Å². The van der Waals surface area contributed by atoms with Crippen LogP contribution in [0.5, 0.6) is 0 Å². The molecule has 2 aromatic rings. The van der Waals surface area contributed by atoms with Crippen LogP contribution in [-0.4, -0.2) is 68.8 Å². The van der Waals surface area contributed by atoms with Crippen LogP contribution < -0.4 is 10.8 Å². The number of hydrogen-bond donors (Lipinski definition) is 2. The second kappa shape index (κ2) is 12.8. The molecule has 1 aliphatic rings. The molecule has 0 radical (unpaired) electrons. The van der Waals surface area contributed by atoms with Gasteiger partial charge in [0, 0.05) is 0 Å². The number of carbonyl (C=O) groups is 2. The number of nitrogen functional groups attached to an aromatic ring is 1. The van der Waals surface area contributed by atoms with Crippen molar-refractivity contribution in [1.82, 2.24) is 24.6 Å². The Labute approximate surface area is 216 Å². The largest absolute Gasteiger partial charge is 0.461 e. The highest BCUT2D eigenvalue weighted by Gasteiger charge is 2.38. The second-order valence-electron chi connectivity index (χ2n) is 9.72. The maximum Gasteiger partial charge on any atom is 0.332 e. The summed E-state index contributed by atoms with van der Waals surface area (Å²) in [5.74, 6) is -0.963. The van der Waals surface area contributed by atoms with Crippen molar-refractivity contribution < 1.29 is 32.9 Å². The number of fused-ring (bicyclic) bond motifs is 1. The molecule has 37 heavy (non-hydrogen) atoms. The van der Waals surface area contributed by atoms with Crippen LogP contribution in [0.15, 0.2) is 12.7 Å². The third kappa shape index (κ3) is 8.19. The smallest absolute Gasteiger partial charge is 0.332 e. The molecule has 206 valence electrons. The van der Waals surface area contributed by atoms with E-state index in [4.69, 9.17) is 24.5 Å². The number of imidazole rings is 1. The fraction of sp³-hybridized carbons (Fsp3) is 0.696. The zero-order valence-electron chi connectivity index (χ0n) is 22.0. The van der Waals surface area contributed by atoms with Gasteiger partial charge in [0.05, 0.1) is 37.0 Å². The summed E-state index contributed by atoms with van der Waals surface area (Å²) in [7, 11) is -3.70. The molecule has 0 saturated heterocycles. The Kier molecular flexibility index (Phi) is 10.00. The first-order valence-electron chi connectivity index (χ1n) is 12.4. The summed E-state index contributed by atoms with van der Waals surface area (Å²) in [6, 6.07) is -0.397. The lowest BCUT2D eigenvalue weighted by molar-refractivity contribution is -0.153. The standard InChI is InChI=1S/C23H37N6O7P/c1-14(2)23(31)36-18-8-6-7-17(18)28-37(32,34-10-19(30)35-15(3)4)13-33-16(5)9-29-12-27-20-21(24)25-11-26-22(20)29/h11-12,14-18H,6-10,13H2,1-5H3,(H,28,32)(H2,24,25,26)/t16-,17?,18?,37?/m1/s1. The predicted octanol–water partition coefficient (Wildman–Crippen LogP) is 2.64. The van der Waals surface area contributed by atoms with E-state index in [1.807, 2.05) is 0 Å².